The Morgan fingerprint density at radius 1 is 1.30 bits per heavy atom. The number of thiophene rings is 1. The number of carbonyl (C=O) groups is 1. The van der Waals surface area contributed by atoms with Crippen LogP contribution < -0.4 is 0 Å². The molecule has 4 rings (SSSR count). The third-order valence-corrected chi connectivity index (χ3v) is 7.13. The summed E-state index contributed by atoms with van der Waals surface area (Å²) in [5, 5.41) is 0. The Balaban J connectivity index is 1.42. The molecule has 3 heterocycles. The summed E-state index contributed by atoms with van der Waals surface area (Å²) >= 11 is 2.00. The molecule has 126 valence electrons. The van der Waals surface area contributed by atoms with Gasteiger partial charge in [-0.05, 0) is 37.3 Å². The second kappa shape index (κ2) is 6.10. The maximum Gasteiger partial charge on any atom is 0.410 e. The Morgan fingerprint density at radius 2 is 2.13 bits per heavy atom. The van der Waals surface area contributed by atoms with E-state index in [1.54, 1.807) is 4.88 Å². The van der Waals surface area contributed by atoms with Crippen molar-refractivity contribution in [3.8, 4) is 0 Å². The van der Waals surface area contributed by atoms with Gasteiger partial charge in [-0.3, -0.25) is 9.80 Å². The number of fused-ring (bicyclic) bond motifs is 1. The molecule has 3 fully saturated rings. The van der Waals surface area contributed by atoms with Crippen molar-refractivity contribution in [2.24, 2.45) is 0 Å². The smallest absolute Gasteiger partial charge is 0.410 e. The molecule has 0 radical (unpaired) electrons. The monoisotopic (exact) mass is 334 g/mol. The van der Waals surface area contributed by atoms with Crippen LogP contribution in [0.15, 0.2) is 12.1 Å². The van der Waals surface area contributed by atoms with Crippen LogP contribution >= 0.6 is 11.3 Å². The number of carbonyl (C=O) groups excluding carboxylic acids is 1. The minimum atomic E-state index is -0.119. The number of piperazine rings is 1. The zero-order valence-electron chi connectivity index (χ0n) is 13.9. The molecular weight excluding hydrogens is 308 g/mol. The normalized spacial score (nSPS) is 29.1. The van der Waals surface area contributed by atoms with E-state index in [0.717, 1.165) is 38.5 Å². The zero-order chi connectivity index (χ0) is 15.9. The van der Waals surface area contributed by atoms with Crippen LogP contribution in [0.5, 0.6) is 0 Å². The molecule has 23 heavy (non-hydrogen) atoms. The summed E-state index contributed by atoms with van der Waals surface area (Å²) in [4.78, 5) is 19.4. The number of amides is 1. The van der Waals surface area contributed by atoms with Crippen molar-refractivity contribution in [2.45, 2.75) is 57.0 Å². The van der Waals surface area contributed by atoms with Crippen molar-refractivity contribution >= 4 is 17.4 Å². The van der Waals surface area contributed by atoms with E-state index < -0.39 is 0 Å². The molecule has 5 heteroatoms. The summed E-state index contributed by atoms with van der Waals surface area (Å²) in [5.41, 5.74) is -0.0964. The Labute approximate surface area is 142 Å². The van der Waals surface area contributed by atoms with Crippen molar-refractivity contribution in [1.82, 2.24) is 9.80 Å². The molecule has 0 N–H and O–H groups in total. The van der Waals surface area contributed by atoms with Crippen LogP contribution in [0.1, 0.15) is 54.7 Å². The summed E-state index contributed by atoms with van der Waals surface area (Å²) in [5.74, 6) is 0.813. The van der Waals surface area contributed by atoms with Crippen molar-refractivity contribution < 1.29 is 9.53 Å². The lowest BCUT2D eigenvalue weighted by Crippen LogP contribution is -2.60. The molecule has 1 amide bonds. The fourth-order valence-electron chi connectivity index (χ4n) is 4.41. The van der Waals surface area contributed by atoms with E-state index >= 15 is 0 Å². The molecule has 2 saturated heterocycles. The summed E-state index contributed by atoms with van der Waals surface area (Å²) in [7, 11) is 0. The fraction of sp³-hybridized carbons (Fsp3) is 0.722. The summed E-state index contributed by atoms with van der Waals surface area (Å²) in [6.45, 7) is 6.42. The average Bonchev–Trinajstić information content (AvgIpc) is 3.28. The van der Waals surface area contributed by atoms with Crippen LogP contribution in [0.4, 0.5) is 4.79 Å². The van der Waals surface area contributed by atoms with E-state index in [0.29, 0.717) is 6.61 Å². The van der Waals surface area contributed by atoms with E-state index in [1.807, 2.05) is 16.2 Å². The van der Waals surface area contributed by atoms with Gasteiger partial charge in [0.2, 0.25) is 0 Å². The maximum absolute atomic E-state index is 11.9. The third kappa shape index (κ3) is 2.78. The van der Waals surface area contributed by atoms with E-state index in [-0.39, 0.29) is 11.6 Å². The highest BCUT2D eigenvalue weighted by Crippen LogP contribution is 2.38. The van der Waals surface area contributed by atoms with Gasteiger partial charge in [0.15, 0.2) is 0 Å². The molecule has 1 atom stereocenters. The second-order valence-electron chi connectivity index (χ2n) is 7.28. The predicted molar refractivity (Wildman–Crippen MR) is 91.9 cm³/mol. The molecule has 0 spiro atoms. The van der Waals surface area contributed by atoms with Gasteiger partial charge in [0.1, 0.15) is 6.61 Å². The van der Waals surface area contributed by atoms with Gasteiger partial charge >= 0.3 is 6.09 Å². The number of hydrogen-bond donors (Lipinski definition) is 0. The quantitative estimate of drug-likeness (QED) is 0.839. The van der Waals surface area contributed by atoms with E-state index in [1.165, 1.54) is 30.6 Å². The SMILES string of the molecule is CCC12COC(=O)N1CCN(Cc1ccc(C3CCCC3)s1)C2. The molecule has 1 saturated carbocycles. The highest BCUT2D eigenvalue weighted by atomic mass is 32.1. The lowest BCUT2D eigenvalue weighted by Gasteiger charge is -2.44. The van der Waals surface area contributed by atoms with Crippen LogP contribution in [-0.2, 0) is 11.3 Å². The fourth-order valence-corrected chi connectivity index (χ4v) is 5.64. The molecule has 1 unspecified atom stereocenters. The molecule has 0 bridgehead atoms. The number of nitrogens with zero attached hydrogens (tertiary/aromatic N) is 2. The topological polar surface area (TPSA) is 32.8 Å². The lowest BCUT2D eigenvalue weighted by atomic mass is 9.93. The average molecular weight is 334 g/mol. The summed E-state index contributed by atoms with van der Waals surface area (Å²) in [6.07, 6.45) is 6.38. The minimum Gasteiger partial charge on any atom is -0.447 e. The number of hydrogen-bond acceptors (Lipinski definition) is 4. The summed E-state index contributed by atoms with van der Waals surface area (Å²) < 4.78 is 5.33. The Hall–Kier alpha value is -1.07. The van der Waals surface area contributed by atoms with Gasteiger partial charge < -0.3 is 4.74 Å². The van der Waals surface area contributed by atoms with Gasteiger partial charge in [-0.1, -0.05) is 19.8 Å². The standard InChI is InChI=1S/C18H26N2O2S/c1-2-18-12-19(9-10-20(18)17(21)22-13-18)11-15-7-8-16(23-15)14-5-3-4-6-14/h7-8,14H,2-6,9-13H2,1H3. The van der Waals surface area contributed by atoms with E-state index in [4.69, 9.17) is 4.74 Å². The third-order valence-electron chi connectivity index (χ3n) is 5.89. The molecule has 4 nitrogen and oxygen atoms in total. The minimum absolute atomic E-state index is 0.0964. The van der Waals surface area contributed by atoms with Gasteiger partial charge in [0.25, 0.3) is 0 Å². The second-order valence-corrected chi connectivity index (χ2v) is 8.48. The molecule has 1 aliphatic carbocycles. The molecule has 3 aliphatic rings. The van der Waals surface area contributed by atoms with Crippen LogP contribution in [0.3, 0.4) is 0 Å². The lowest BCUT2D eigenvalue weighted by molar-refractivity contribution is 0.0455. The maximum atomic E-state index is 11.9. The van der Waals surface area contributed by atoms with Crippen molar-refractivity contribution in [3.05, 3.63) is 21.9 Å². The van der Waals surface area contributed by atoms with Gasteiger partial charge in [-0.15, -0.1) is 11.3 Å². The van der Waals surface area contributed by atoms with Gasteiger partial charge in [0, 0.05) is 35.9 Å². The van der Waals surface area contributed by atoms with Gasteiger partial charge in [-0.25, -0.2) is 4.79 Å². The van der Waals surface area contributed by atoms with Crippen molar-refractivity contribution in [3.63, 3.8) is 0 Å². The predicted octanol–water partition coefficient (Wildman–Crippen LogP) is 3.82. The largest absolute Gasteiger partial charge is 0.447 e. The molecule has 2 aliphatic heterocycles. The Kier molecular flexibility index (Phi) is 4.10. The highest BCUT2D eigenvalue weighted by molar-refractivity contribution is 7.12. The van der Waals surface area contributed by atoms with E-state index in [2.05, 4.69) is 24.0 Å². The number of ether oxygens (including phenoxy) is 1. The Bertz CT molecular complexity index is 581. The van der Waals surface area contributed by atoms with Gasteiger partial charge in [0.05, 0.1) is 5.54 Å². The van der Waals surface area contributed by atoms with Crippen molar-refractivity contribution in [1.29, 1.82) is 0 Å². The highest BCUT2D eigenvalue weighted by Gasteiger charge is 2.49. The van der Waals surface area contributed by atoms with Crippen LogP contribution in [0.2, 0.25) is 0 Å². The Morgan fingerprint density at radius 3 is 2.91 bits per heavy atom. The van der Waals surface area contributed by atoms with Crippen LogP contribution in [-0.4, -0.2) is 47.7 Å². The molecule has 1 aromatic rings. The van der Waals surface area contributed by atoms with Crippen LogP contribution in [0.25, 0.3) is 0 Å². The first-order valence-corrected chi connectivity index (χ1v) is 9.77. The molecule has 0 aromatic carbocycles. The first-order valence-electron chi connectivity index (χ1n) is 8.95. The van der Waals surface area contributed by atoms with Gasteiger partial charge in [-0.2, -0.15) is 0 Å². The molecular formula is C18H26N2O2S. The molecule has 1 aromatic heterocycles. The number of rotatable bonds is 4. The van der Waals surface area contributed by atoms with Crippen molar-refractivity contribution in [2.75, 3.05) is 26.2 Å². The zero-order valence-corrected chi connectivity index (χ0v) is 14.7. The number of cyclic esters (lactones) is 1. The first kappa shape index (κ1) is 15.5. The first-order chi connectivity index (χ1) is 11.2. The summed E-state index contributed by atoms with van der Waals surface area (Å²) in [6, 6.07) is 4.67. The van der Waals surface area contributed by atoms with Crippen LogP contribution in [0, 0.1) is 0 Å². The van der Waals surface area contributed by atoms with E-state index in [9.17, 15) is 4.79 Å².